The third-order valence-corrected chi connectivity index (χ3v) is 7.60. The number of amides is 1. The van der Waals surface area contributed by atoms with Crippen molar-refractivity contribution in [3.05, 3.63) is 34.2 Å². The van der Waals surface area contributed by atoms with Gasteiger partial charge >= 0.3 is 0 Å². The number of hydrogen-bond donors (Lipinski definition) is 3. The molecule has 2 aliphatic carbocycles. The molecule has 0 saturated heterocycles. The van der Waals surface area contributed by atoms with Crippen LogP contribution in [0.3, 0.4) is 0 Å². The largest absolute Gasteiger partial charge is 0.370 e. The number of alkyl halides is 2. The van der Waals surface area contributed by atoms with E-state index in [1.807, 2.05) is 4.57 Å². The molecule has 1 atom stereocenters. The lowest BCUT2D eigenvalue weighted by Gasteiger charge is -2.30. The molecule has 5 rings (SSSR count). The van der Waals surface area contributed by atoms with Gasteiger partial charge in [-0.15, -0.1) is 0 Å². The maximum Gasteiger partial charge on any atom is 0.250 e. The van der Waals surface area contributed by atoms with Gasteiger partial charge in [-0.05, 0) is 50.2 Å². The number of hydrogen-bond acceptors (Lipinski definition) is 6. The first-order chi connectivity index (χ1) is 17.6. The highest BCUT2D eigenvalue weighted by Gasteiger charge is 2.39. The van der Waals surface area contributed by atoms with Gasteiger partial charge in [-0.1, -0.05) is 23.2 Å². The molecule has 2 heterocycles. The molecule has 198 valence electrons. The Morgan fingerprint density at radius 3 is 2.57 bits per heavy atom. The Bertz CT molecular complexity index is 1300. The van der Waals surface area contributed by atoms with E-state index in [2.05, 4.69) is 25.6 Å². The van der Waals surface area contributed by atoms with Crippen molar-refractivity contribution in [3.63, 3.8) is 0 Å². The molecule has 37 heavy (non-hydrogen) atoms. The van der Waals surface area contributed by atoms with Crippen molar-refractivity contribution in [1.82, 2.24) is 19.5 Å². The molecule has 3 aromatic rings. The van der Waals surface area contributed by atoms with Crippen LogP contribution in [0.2, 0.25) is 10.0 Å². The highest BCUT2D eigenvalue weighted by Crippen LogP contribution is 2.40. The number of aromatic nitrogens is 4. The summed E-state index contributed by atoms with van der Waals surface area (Å²) >= 11 is 12.2. The number of primary amides is 1. The summed E-state index contributed by atoms with van der Waals surface area (Å²) in [6, 6.07) is 2.07. The number of rotatable bonds is 7. The average Bonchev–Trinajstić information content (AvgIpc) is 3.34. The van der Waals surface area contributed by atoms with Gasteiger partial charge in [0.05, 0.1) is 16.9 Å². The monoisotopic (exact) mass is 555 g/mol. The van der Waals surface area contributed by atoms with Gasteiger partial charge < -0.3 is 16.4 Å². The first-order valence-electron chi connectivity index (χ1n) is 12.2. The number of halogens is 5. The predicted molar refractivity (Wildman–Crippen MR) is 136 cm³/mol. The van der Waals surface area contributed by atoms with E-state index in [0.717, 1.165) is 31.7 Å². The summed E-state index contributed by atoms with van der Waals surface area (Å²) in [5.74, 6) is -2.94. The van der Waals surface area contributed by atoms with Crippen LogP contribution in [0.25, 0.3) is 11.2 Å². The summed E-state index contributed by atoms with van der Waals surface area (Å²) in [6.45, 7) is 0. The fourth-order valence-corrected chi connectivity index (χ4v) is 5.83. The van der Waals surface area contributed by atoms with E-state index in [4.69, 9.17) is 28.9 Å². The first kappa shape index (κ1) is 25.8. The van der Waals surface area contributed by atoms with Gasteiger partial charge in [0.2, 0.25) is 23.7 Å². The van der Waals surface area contributed by atoms with E-state index in [1.165, 1.54) is 12.3 Å². The average molecular weight is 556 g/mol. The van der Waals surface area contributed by atoms with Gasteiger partial charge in [-0.2, -0.15) is 4.98 Å². The molecule has 4 N–H and O–H groups in total. The van der Waals surface area contributed by atoms with Gasteiger partial charge in [-0.3, -0.25) is 9.36 Å². The second-order valence-corrected chi connectivity index (χ2v) is 10.7. The van der Waals surface area contributed by atoms with Gasteiger partial charge in [-0.25, -0.2) is 23.1 Å². The Labute approximate surface area is 221 Å². The van der Waals surface area contributed by atoms with Crippen molar-refractivity contribution in [2.45, 2.75) is 69.4 Å². The van der Waals surface area contributed by atoms with Crippen molar-refractivity contribution in [3.8, 4) is 0 Å². The molecule has 1 aromatic carbocycles. The van der Waals surface area contributed by atoms with Crippen LogP contribution >= 0.6 is 23.2 Å². The zero-order valence-electron chi connectivity index (χ0n) is 19.8. The van der Waals surface area contributed by atoms with Crippen LogP contribution < -0.4 is 16.4 Å². The second-order valence-electron chi connectivity index (χ2n) is 9.86. The molecule has 2 fully saturated rings. The van der Waals surface area contributed by atoms with Gasteiger partial charge in [0, 0.05) is 36.4 Å². The zero-order valence-corrected chi connectivity index (χ0v) is 21.3. The molecular formula is C24H26Cl2F3N7O. The number of imidazole rings is 1. The molecule has 0 aliphatic heterocycles. The SMILES string of the molecule is NC(=O)CC1CCC(n2c(Nc3c(F)cc(Cl)cc3Cl)nc3cnc(N[C@H]4CCC(F)(F)C4)nc32)CC1. The molecule has 0 spiro atoms. The molecule has 2 saturated carbocycles. The van der Waals surface area contributed by atoms with Crippen LogP contribution in [-0.4, -0.2) is 37.4 Å². The standard InChI is InChI=1S/C24H26Cl2F3N7O/c25-13-8-16(26)20(17(27)9-13)34-23-33-18-11-31-22(32-14-5-6-24(28,29)10-14)35-21(18)36(23)15-3-1-12(2-4-15)7-19(30)37/h8-9,11-12,14-15H,1-7,10H2,(H2,30,37)(H,33,34)(H,31,32,35)/t12?,14-,15?/m0/s1. The third kappa shape index (κ3) is 5.72. The number of nitrogens with one attached hydrogen (secondary N) is 2. The van der Waals surface area contributed by atoms with Crippen molar-refractivity contribution in [1.29, 1.82) is 0 Å². The fraction of sp³-hybridized carbons (Fsp3) is 0.500. The van der Waals surface area contributed by atoms with Crippen LogP contribution in [0, 0.1) is 11.7 Å². The van der Waals surface area contributed by atoms with Crippen LogP contribution in [0.1, 0.15) is 57.4 Å². The number of carbonyl (C=O) groups excluding carboxylic acids is 1. The van der Waals surface area contributed by atoms with Crippen molar-refractivity contribution < 1.29 is 18.0 Å². The van der Waals surface area contributed by atoms with E-state index in [0.29, 0.717) is 30.0 Å². The van der Waals surface area contributed by atoms with Crippen molar-refractivity contribution in [2.75, 3.05) is 10.6 Å². The smallest absolute Gasteiger partial charge is 0.250 e. The Morgan fingerprint density at radius 1 is 1.16 bits per heavy atom. The number of carbonyl (C=O) groups is 1. The minimum atomic E-state index is -2.70. The summed E-state index contributed by atoms with van der Waals surface area (Å²) < 4.78 is 44.0. The molecule has 2 aromatic heterocycles. The number of nitrogens with two attached hydrogens (primary N) is 1. The lowest BCUT2D eigenvalue weighted by atomic mass is 9.84. The highest BCUT2D eigenvalue weighted by molar-refractivity contribution is 6.36. The Balaban J connectivity index is 1.49. The lowest BCUT2D eigenvalue weighted by Crippen LogP contribution is -2.24. The van der Waals surface area contributed by atoms with Crippen molar-refractivity contribution >= 4 is 57.9 Å². The molecule has 0 bridgehead atoms. The normalized spacial score (nSPS) is 23.3. The van der Waals surface area contributed by atoms with E-state index < -0.39 is 17.8 Å². The fourth-order valence-electron chi connectivity index (χ4n) is 5.32. The minimum absolute atomic E-state index is 0.0181. The number of nitrogens with zero attached hydrogens (tertiary/aromatic N) is 4. The molecule has 1 amide bonds. The van der Waals surface area contributed by atoms with Crippen LogP contribution in [-0.2, 0) is 4.79 Å². The van der Waals surface area contributed by atoms with Gasteiger partial charge in [0.15, 0.2) is 5.65 Å². The lowest BCUT2D eigenvalue weighted by molar-refractivity contribution is -0.119. The van der Waals surface area contributed by atoms with E-state index in [1.54, 1.807) is 0 Å². The topological polar surface area (TPSA) is 111 Å². The van der Waals surface area contributed by atoms with Gasteiger partial charge in [0.25, 0.3) is 0 Å². The third-order valence-electron chi connectivity index (χ3n) is 7.08. The predicted octanol–water partition coefficient (Wildman–Crippen LogP) is 6.22. The van der Waals surface area contributed by atoms with Crippen LogP contribution in [0.4, 0.5) is 30.8 Å². The Morgan fingerprint density at radius 2 is 1.92 bits per heavy atom. The van der Waals surface area contributed by atoms with Crippen LogP contribution in [0.15, 0.2) is 18.3 Å². The maximum absolute atomic E-state index is 14.7. The maximum atomic E-state index is 14.7. The molecular weight excluding hydrogens is 530 g/mol. The molecule has 2 aliphatic rings. The van der Waals surface area contributed by atoms with Gasteiger partial charge in [0.1, 0.15) is 11.3 Å². The number of benzene rings is 1. The summed E-state index contributed by atoms with van der Waals surface area (Å²) in [6.07, 6.45) is 4.69. The summed E-state index contributed by atoms with van der Waals surface area (Å²) in [4.78, 5) is 24.9. The Hall–Kier alpha value is -2.79. The zero-order chi connectivity index (χ0) is 26.3. The Kier molecular flexibility index (Phi) is 7.10. The molecule has 8 nitrogen and oxygen atoms in total. The minimum Gasteiger partial charge on any atom is -0.370 e. The molecule has 0 radical (unpaired) electrons. The highest BCUT2D eigenvalue weighted by atomic mass is 35.5. The summed E-state index contributed by atoms with van der Waals surface area (Å²) in [7, 11) is 0. The van der Waals surface area contributed by atoms with E-state index in [9.17, 15) is 18.0 Å². The summed E-state index contributed by atoms with van der Waals surface area (Å²) in [5, 5.41) is 6.26. The first-order valence-corrected chi connectivity index (χ1v) is 12.9. The van der Waals surface area contributed by atoms with E-state index >= 15 is 0 Å². The number of anilines is 3. The number of fused-ring (bicyclic) bond motifs is 1. The van der Waals surface area contributed by atoms with Crippen LogP contribution in [0.5, 0.6) is 0 Å². The summed E-state index contributed by atoms with van der Waals surface area (Å²) in [5.41, 5.74) is 6.34. The molecule has 13 heteroatoms. The quantitative estimate of drug-likeness (QED) is 0.319. The second kappa shape index (κ2) is 10.2. The van der Waals surface area contributed by atoms with Crippen molar-refractivity contribution in [2.24, 2.45) is 11.7 Å². The van der Waals surface area contributed by atoms with E-state index in [-0.39, 0.29) is 52.4 Å². The molecule has 0 unspecified atom stereocenters.